The molecule has 0 aromatic heterocycles. The van der Waals surface area contributed by atoms with Crippen LogP contribution in [0.15, 0.2) is 53.4 Å². The van der Waals surface area contributed by atoms with Gasteiger partial charge in [-0.1, -0.05) is 43.0 Å². The van der Waals surface area contributed by atoms with Crippen LogP contribution in [0.25, 0.3) is 6.08 Å². The molecule has 32 heavy (non-hydrogen) atoms. The number of anilines is 2. The molecule has 8 heteroatoms. The summed E-state index contributed by atoms with van der Waals surface area (Å²) < 4.78 is 5.97. The van der Waals surface area contributed by atoms with Gasteiger partial charge in [0.05, 0.1) is 10.6 Å². The summed E-state index contributed by atoms with van der Waals surface area (Å²) in [6, 6.07) is 14.8. The molecule has 1 heterocycles. The molecule has 1 fully saturated rings. The summed E-state index contributed by atoms with van der Waals surface area (Å²) in [6.07, 6.45) is 1.27. The first kappa shape index (κ1) is 23.8. The van der Waals surface area contributed by atoms with Gasteiger partial charge in [0.1, 0.15) is 5.75 Å². The number of thiocarbonyl (C=S) groups is 1. The van der Waals surface area contributed by atoms with E-state index in [0.717, 1.165) is 30.0 Å². The van der Waals surface area contributed by atoms with Crippen molar-refractivity contribution in [3.05, 3.63) is 59.0 Å². The molecule has 1 unspecified atom stereocenters. The number of hydrogen-bond acceptors (Lipinski definition) is 6. The van der Waals surface area contributed by atoms with Gasteiger partial charge in [0.2, 0.25) is 0 Å². The third-order valence-corrected chi connectivity index (χ3v) is 6.43. The van der Waals surface area contributed by atoms with Crippen LogP contribution < -0.4 is 14.5 Å². The molecule has 0 aliphatic carbocycles. The van der Waals surface area contributed by atoms with Crippen LogP contribution in [-0.4, -0.2) is 40.5 Å². The highest BCUT2D eigenvalue weighted by Crippen LogP contribution is 2.36. The summed E-state index contributed by atoms with van der Waals surface area (Å²) in [5.74, 6) is -0.685. The van der Waals surface area contributed by atoms with Gasteiger partial charge in [-0.05, 0) is 68.3 Å². The number of nitrogens with zero attached hydrogens (tertiary/aromatic N) is 2. The molecule has 0 radical (unpaired) electrons. The van der Waals surface area contributed by atoms with Crippen molar-refractivity contribution in [1.82, 2.24) is 0 Å². The minimum absolute atomic E-state index is 0.159. The zero-order valence-electron chi connectivity index (χ0n) is 18.3. The minimum Gasteiger partial charge on any atom is -0.479 e. The average molecular weight is 471 g/mol. The number of carboxylic acid groups (broad SMARTS) is 1. The molecule has 1 saturated heterocycles. The Morgan fingerprint density at radius 1 is 1.12 bits per heavy atom. The number of carbonyl (C=O) groups excluding carboxylic acids is 1. The molecule has 0 saturated carbocycles. The number of rotatable bonds is 9. The number of amides is 1. The van der Waals surface area contributed by atoms with Gasteiger partial charge >= 0.3 is 5.97 Å². The second kappa shape index (κ2) is 10.7. The first-order valence-corrected chi connectivity index (χ1v) is 11.7. The number of hydrogen-bond donors (Lipinski definition) is 1. The van der Waals surface area contributed by atoms with E-state index in [2.05, 4.69) is 18.7 Å². The van der Waals surface area contributed by atoms with E-state index in [-0.39, 0.29) is 5.91 Å². The van der Waals surface area contributed by atoms with Gasteiger partial charge in [0.25, 0.3) is 5.91 Å². The van der Waals surface area contributed by atoms with Gasteiger partial charge in [0.15, 0.2) is 10.4 Å². The van der Waals surface area contributed by atoms with E-state index in [4.69, 9.17) is 22.1 Å². The Balaban J connectivity index is 1.74. The Labute approximate surface area is 197 Å². The molecule has 1 aliphatic heterocycles. The number of benzene rings is 2. The van der Waals surface area contributed by atoms with Crippen molar-refractivity contribution in [1.29, 1.82) is 0 Å². The van der Waals surface area contributed by atoms with Gasteiger partial charge in [-0.3, -0.25) is 9.69 Å². The van der Waals surface area contributed by atoms with Crippen molar-refractivity contribution >= 4 is 57.6 Å². The molecule has 1 amide bonds. The van der Waals surface area contributed by atoms with E-state index >= 15 is 0 Å². The smallest absolute Gasteiger partial charge is 0.344 e. The standard InChI is InChI=1S/C24H26N2O4S2/c1-4-20(23(28)29)30-19-13-7-16(8-14-19)15-21-22(27)26(24(31)32-21)18-11-9-17(10-12-18)25(5-2)6-3/h7-15,20H,4-6H2,1-3H3,(H,28,29)/b21-15+. The molecule has 1 aliphatic rings. The van der Waals surface area contributed by atoms with Gasteiger partial charge in [-0.2, -0.15) is 0 Å². The second-order valence-corrected chi connectivity index (χ2v) is 8.80. The number of carbonyl (C=O) groups is 2. The fourth-order valence-electron chi connectivity index (χ4n) is 3.36. The SMILES string of the molecule is CCC(Oc1ccc(/C=C2/SC(=S)N(c3ccc(N(CC)CC)cc3)C2=O)cc1)C(=O)O. The van der Waals surface area contributed by atoms with Crippen molar-refractivity contribution in [2.45, 2.75) is 33.3 Å². The molecule has 1 N–H and O–H groups in total. The molecule has 1 atom stereocenters. The zero-order valence-corrected chi connectivity index (χ0v) is 19.9. The Morgan fingerprint density at radius 3 is 2.28 bits per heavy atom. The monoisotopic (exact) mass is 470 g/mol. The second-order valence-electron chi connectivity index (χ2n) is 7.13. The van der Waals surface area contributed by atoms with Crippen LogP contribution >= 0.6 is 24.0 Å². The van der Waals surface area contributed by atoms with E-state index in [1.807, 2.05) is 24.3 Å². The van der Waals surface area contributed by atoms with Crippen LogP contribution in [0.2, 0.25) is 0 Å². The first-order chi connectivity index (χ1) is 15.4. The van der Waals surface area contributed by atoms with Crippen LogP contribution in [0, 0.1) is 0 Å². The van der Waals surface area contributed by atoms with E-state index in [1.165, 1.54) is 11.8 Å². The molecule has 2 aromatic rings. The van der Waals surface area contributed by atoms with E-state index in [1.54, 1.807) is 42.2 Å². The van der Waals surface area contributed by atoms with Crippen molar-refractivity contribution in [3.8, 4) is 5.75 Å². The third kappa shape index (κ3) is 5.31. The highest BCUT2D eigenvalue weighted by molar-refractivity contribution is 8.27. The third-order valence-electron chi connectivity index (χ3n) is 5.13. The maximum atomic E-state index is 13.0. The van der Waals surface area contributed by atoms with E-state index in [0.29, 0.717) is 21.4 Å². The topological polar surface area (TPSA) is 70.1 Å². The summed E-state index contributed by atoms with van der Waals surface area (Å²) in [5.41, 5.74) is 2.66. The minimum atomic E-state index is -0.995. The highest BCUT2D eigenvalue weighted by Gasteiger charge is 2.33. The van der Waals surface area contributed by atoms with Gasteiger partial charge in [-0.25, -0.2) is 4.79 Å². The first-order valence-electron chi connectivity index (χ1n) is 10.5. The molecule has 2 aromatic carbocycles. The maximum Gasteiger partial charge on any atom is 0.344 e. The molecular formula is C24H26N2O4S2. The Hall–Kier alpha value is -2.84. The number of ether oxygens (including phenoxy) is 1. The lowest BCUT2D eigenvalue weighted by molar-refractivity contribution is -0.145. The van der Waals surface area contributed by atoms with E-state index in [9.17, 15) is 9.59 Å². The average Bonchev–Trinajstić information content (AvgIpc) is 3.07. The van der Waals surface area contributed by atoms with Gasteiger partial charge < -0.3 is 14.7 Å². The molecule has 3 rings (SSSR count). The highest BCUT2D eigenvalue weighted by atomic mass is 32.2. The summed E-state index contributed by atoms with van der Waals surface area (Å²) >= 11 is 6.73. The van der Waals surface area contributed by atoms with Crippen LogP contribution in [0.5, 0.6) is 5.75 Å². The molecule has 168 valence electrons. The van der Waals surface area contributed by atoms with E-state index < -0.39 is 12.1 Å². The van der Waals surface area contributed by atoms with Crippen molar-refractivity contribution in [2.75, 3.05) is 22.9 Å². The van der Waals surface area contributed by atoms with Crippen LogP contribution in [0.4, 0.5) is 11.4 Å². The van der Waals surface area contributed by atoms with Crippen molar-refractivity contribution in [3.63, 3.8) is 0 Å². The predicted molar refractivity (Wildman–Crippen MR) is 134 cm³/mol. The Bertz CT molecular complexity index is 1020. The largest absolute Gasteiger partial charge is 0.479 e. The summed E-state index contributed by atoms with van der Waals surface area (Å²) in [6.45, 7) is 7.80. The Kier molecular flexibility index (Phi) is 7.93. The van der Waals surface area contributed by atoms with Gasteiger partial charge in [-0.15, -0.1) is 0 Å². The summed E-state index contributed by atoms with van der Waals surface area (Å²) in [7, 11) is 0. The molecular weight excluding hydrogens is 444 g/mol. The number of aliphatic carboxylic acids is 1. The molecule has 0 bridgehead atoms. The lowest BCUT2D eigenvalue weighted by atomic mass is 10.2. The number of carboxylic acids is 1. The molecule has 6 nitrogen and oxygen atoms in total. The van der Waals surface area contributed by atoms with Crippen molar-refractivity contribution < 1.29 is 19.4 Å². The van der Waals surface area contributed by atoms with Gasteiger partial charge in [0, 0.05) is 18.8 Å². The van der Waals surface area contributed by atoms with Crippen LogP contribution in [0.3, 0.4) is 0 Å². The predicted octanol–water partition coefficient (Wildman–Crippen LogP) is 5.18. The van der Waals surface area contributed by atoms with Crippen molar-refractivity contribution in [2.24, 2.45) is 0 Å². The lowest BCUT2D eigenvalue weighted by Crippen LogP contribution is -2.27. The fraction of sp³-hybridized carbons (Fsp3) is 0.292. The molecule has 0 spiro atoms. The number of thioether (sulfide) groups is 1. The Morgan fingerprint density at radius 2 is 1.75 bits per heavy atom. The van der Waals surface area contributed by atoms with Crippen LogP contribution in [0.1, 0.15) is 32.8 Å². The quantitative estimate of drug-likeness (QED) is 0.400. The summed E-state index contributed by atoms with van der Waals surface area (Å²) in [5, 5.41) is 9.13. The lowest BCUT2D eigenvalue weighted by Gasteiger charge is -2.22. The zero-order chi connectivity index (χ0) is 23.3. The van der Waals surface area contributed by atoms with Crippen LogP contribution in [-0.2, 0) is 9.59 Å². The maximum absolute atomic E-state index is 13.0. The summed E-state index contributed by atoms with van der Waals surface area (Å²) in [4.78, 5) is 28.5. The fourth-order valence-corrected chi connectivity index (χ4v) is 4.66. The normalized spacial score (nSPS) is 15.8.